The summed E-state index contributed by atoms with van der Waals surface area (Å²) in [5.41, 5.74) is 2.46. The summed E-state index contributed by atoms with van der Waals surface area (Å²) in [5, 5.41) is 22.0. The molecule has 4 nitrogen and oxygen atoms in total. The zero-order valence-corrected chi connectivity index (χ0v) is 11.3. The highest BCUT2D eigenvalue weighted by atomic mass is 16.5. The Labute approximate surface area is 118 Å². The summed E-state index contributed by atoms with van der Waals surface area (Å²) in [5.74, 6) is 0.629. The number of aromatic hydroxyl groups is 1. The molecule has 0 saturated carbocycles. The molecule has 2 rings (SSSR count). The van der Waals surface area contributed by atoms with Gasteiger partial charge in [0.2, 0.25) is 0 Å². The van der Waals surface area contributed by atoms with Gasteiger partial charge in [0.1, 0.15) is 0 Å². The molecule has 102 valence electrons. The molecule has 0 aliphatic heterocycles. The monoisotopic (exact) mass is 268 g/mol. The molecule has 0 aliphatic carbocycles. The van der Waals surface area contributed by atoms with Crippen LogP contribution in [0.3, 0.4) is 0 Å². The first-order valence-corrected chi connectivity index (χ1v) is 6.29. The van der Waals surface area contributed by atoms with Crippen molar-refractivity contribution in [2.45, 2.75) is 13.1 Å². The van der Waals surface area contributed by atoms with Crippen molar-refractivity contribution in [3.8, 4) is 17.6 Å². The van der Waals surface area contributed by atoms with Gasteiger partial charge in [-0.25, -0.2) is 0 Å². The highest BCUT2D eigenvalue weighted by molar-refractivity contribution is 5.45. The Hall–Kier alpha value is -2.51. The van der Waals surface area contributed by atoms with E-state index in [1.165, 1.54) is 7.11 Å². The Kier molecular flexibility index (Phi) is 4.59. The number of ether oxygens (including phenoxy) is 1. The number of phenolic OH excluding ortho intramolecular Hbond substituents is 1. The van der Waals surface area contributed by atoms with E-state index in [-0.39, 0.29) is 5.75 Å². The molecular formula is C16H16N2O2. The lowest BCUT2D eigenvalue weighted by Gasteiger charge is -2.10. The zero-order valence-electron chi connectivity index (χ0n) is 11.3. The number of phenols is 1. The predicted molar refractivity (Wildman–Crippen MR) is 76.4 cm³/mol. The molecule has 0 fully saturated rings. The van der Waals surface area contributed by atoms with Crippen molar-refractivity contribution < 1.29 is 9.84 Å². The maximum atomic E-state index is 9.96. The molecule has 0 heterocycles. The summed E-state index contributed by atoms with van der Waals surface area (Å²) in [6.07, 6.45) is 0. The van der Waals surface area contributed by atoms with E-state index in [1.54, 1.807) is 12.1 Å². The van der Waals surface area contributed by atoms with Gasteiger partial charge in [0.25, 0.3) is 0 Å². The molecule has 0 spiro atoms. The van der Waals surface area contributed by atoms with Crippen LogP contribution in [0.1, 0.15) is 16.7 Å². The van der Waals surface area contributed by atoms with Gasteiger partial charge in [-0.1, -0.05) is 24.3 Å². The van der Waals surface area contributed by atoms with Crippen molar-refractivity contribution >= 4 is 0 Å². The van der Waals surface area contributed by atoms with E-state index in [2.05, 4.69) is 11.4 Å². The second-order valence-corrected chi connectivity index (χ2v) is 4.38. The first-order chi connectivity index (χ1) is 9.74. The van der Waals surface area contributed by atoms with Crippen LogP contribution in [0.2, 0.25) is 0 Å². The number of benzene rings is 2. The van der Waals surface area contributed by atoms with Crippen LogP contribution in [0, 0.1) is 11.3 Å². The number of methoxy groups -OCH3 is 1. The topological polar surface area (TPSA) is 65.3 Å². The minimum Gasteiger partial charge on any atom is -0.504 e. The standard InChI is InChI=1S/C16H16N2O2/c1-20-15-7-3-6-14(16(15)19)11-18-10-13-5-2-4-12(8-13)9-17/h2-8,18-19H,10-11H2,1H3. The lowest BCUT2D eigenvalue weighted by Crippen LogP contribution is -2.13. The average Bonchev–Trinajstić information content (AvgIpc) is 2.49. The largest absolute Gasteiger partial charge is 0.504 e. The van der Waals surface area contributed by atoms with Crippen LogP contribution >= 0.6 is 0 Å². The summed E-state index contributed by atoms with van der Waals surface area (Å²) in [6, 6.07) is 15.0. The van der Waals surface area contributed by atoms with Crippen LogP contribution in [-0.2, 0) is 13.1 Å². The third-order valence-corrected chi connectivity index (χ3v) is 3.00. The van der Waals surface area contributed by atoms with Crippen molar-refractivity contribution in [1.82, 2.24) is 5.32 Å². The quantitative estimate of drug-likeness (QED) is 0.874. The van der Waals surface area contributed by atoms with Crippen molar-refractivity contribution in [1.29, 1.82) is 5.26 Å². The summed E-state index contributed by atoms with van der Waals surface area (Å²) in [4.78, 5) is 0. The van der Waals surface area contributed by atoms with Crippen molar-refractivity contribution in [2.75, 3.05) is 7.11 Å². The van der Waals surface area contributed by atoms with E-state index in [4.69, 9.17) is 10.00 Å². The molecule has 0 radical (unpaired) electrons. The fourth-order valence-electron chi connectivity index (χ4n) is 1.97. The maximum Gasteiger partial charge on any atom is 0.162 e. The van der Waals surface area contributed by atoms with Gasteiger partial charge in [0.15, 0.2) is 11.5 Å². The lowest BCUT2D eigenvalue weighted by atomic mass is 10.1. The zero-order chi connectivity index (χ0) is 14.4. The SMILES string of the molecule is COc1cccc(CNCc2cccc(C#N)c2)c1O. The molecule has 0 amide bonds. The molecule has 2 N–H and O–H groups in total. The molecular weight excluding hydrogens is 252 g/mol. The molecule has 20 heavy (non-hydrogen) atoms. The van der Waals surface area contributed by atoms with Gasteiger partial charge in [-0.05, 0) is 23.8 Å². The lowest BCUT2D eigenvalue weighted by molar-refractivity contribution is 0.369. The Balaban J connectivity index is 1.98. The maximum absolute atomic E-state index is 9.96. The smallest absolute Gasteiger partial charge is 0.162 e. The molecule has 0 unspecified atom stereocenters. The Morgan fingerprint density at radius 3 is 2.75 bits per heavy atom. The van der Waals surface area contributed by atoms with E-state index in [0.29, 0.717) is 24.4 Å². The molecule has 2 aromatic carbocycles. The van der Waals surface area contributed by atoms with E-state index >= 15 is 0 Å². The van der Waals surface area contributed by atoms with Gasteiger partial charge in [-0.2, -0.15) is 5.26 Å². The van der Waals surface area contributed by atoms with Crippen molar-refractivity contribution in [3.63, 3.8) is 0 Å². The predicted octanol–water partition coefficient (Wildman–Crippen LogP) is 2.56. The average molecular weight is 268 g/mol. The first kappa shape index (κ1) is 13.9. The molecule has 0 atom stereocenters. The summed E-state index contributed by atoms with van der Waals surface area (Å²) in [6.45, 7) is 1.16. The van der Waals surface area contributed by atoms with Gasteiger partial charge >= 0.3 is 0 Å². The molecule has 4 heteroatoms. The molecule has 0 aliphatic rings. The minimum atomic E-state index is 0.160. The number of hydrogen-bond acceptors (Lipinski definition) is 4. The van der Waals surface area contributed by atoms with Crippen LogP contribution in [0.5, 0.6) is 11.5 Å². The van der Waals surface area contributed by atoms with E-state index in [1.807, 2.05) is 30.3 Å². The van der Waals surface area contributed by atoms with Crippen molar-refractivity contribution in [2.24, 2.45) is 0 Å². The Morgan fingerprint density at radius 2 is 2.00 bits per heavy atom. The number of nitrogens with one attached hydrogen (secondary N) is 1. The molecule has 2 aromatic rings. The fourth-order valence-corrected chi connectivity index (χ4v) is 1.97. The van der Waals surface area contributed by atoms with E-state index < -0.39 is 0 Å². The van der Waals surface area contributed by atoms with Crippen LogP contribution in [0.25, 0.3) is 0 Å². The van der Waals surface area contributed by atoms with Gasteiger partial charge in [0.05, 0.1) is 18.7 Å². The first-order valence-electron chi connectivity index (χ1n) is 6.29. The highest BCUT2D eigenvalue weighted by Crippen LogP contribution is 2.29. The van der Waals surface area contributed by atoms with Gasteiger partial charge in [-0.15, -0.1) is 0 Å². The van der Waals surface area contributed by atoms with Crippen LogP contribution < -0.4 is 10.1 Å². The second kappa shape index (κ2) is 6.60. The highest BCUT2D eigenvalue weighted by Gasteiger charge is 2.06. The number of rotatable bonds is 5. The van der Waals surface area contributed by atoms with Gasteiger partial charge < -0.3 is 15.2 Å². The molecule has 0 saturated heterocycles. The normalized spacial score (nSPS) is 10.0. The van der Waals surface area contributed by atoms with Crippen LogP contribution in [0.15, 0.2) is 42.5 Å². The third-order valence-electron chi connectivity index (χ3n) is 3.00. The molecule has 0 aromatic heterocycles. The van der Waals surface area contributed by atoms with E-state index in [9.17, 15) is 5.11 Å². The van der Waals surface area contributed by atoms with Crippen molar-refractivity contribution in [3.05, 3.63) is 59.2 Å². The van der Waals surface area contributed by atoms with Gasteiger partial charge in [-0.3, -0.25) is 0 Å². The van der Waals surface area contributed by atoms with Gasteiger partial charge in [0, 0.05) is 18.7 Å². The number of nitrogens with zero attached hydrogens (tertiary/aromatic N) is 1. The Bertz CT molecular complexity index is 633. The Morgan fingerprint density at radius 1 is 1.20 bits per heavy atom. The van der Waals surface area contributed by atoms with Crippen LogP contribution in [0.4, 0.5) is 0 Å². The van der Waals surface area contributed by atoms with E-state index in [0.717, 1.165) is 11.1 Å². The summed E-state index contributed by atoms with van der Waals surface area (Å²) >= 11 is 0. The third kappa shape index (κ3) is 3.28. The second-order valence-electron chi connectivity index (χ2n) is 4.38. The number of hydrogen-bond donors (Lipinski definition) is 2. The number of para-hydroxylation sites is 1. The van der Waals surface area contributed by atoms with Crippen LogP contribution in [-0.4, -0.2) is 12.2 Å². The molecule has 0 bridgehead atoms. The summed E-state index contributed by atoms with van der Waals surface area (Å²) < 4.78 is 5.07. The fraction of sp³-hybridized carbons (Fsp3) is 0.188. The minimum absolute atomic E-state index is 0.160. The number of nitriles is 1. The summed E-state index contributed by atoms with van der Waals surface area (Å²) in [7, 11) is 1.53.